The van der Waals surface area contributed by atoms with Gasteiger partial charge in [-0.05, 0) is 29.8 Å². The standard InChI is InChI=1S/C17H12ClN5OS/c18-11-6-4-10(5-7-11)8-23-13-3-1-2-12(21-19)14(13)15(17(23)24)16-22-20-9-25-16/h1-7,9,19,24H,8H2. The number of hydrogen-bond acceptors (Lipinski definition) is 6. The van der Waals surface area contributed by atoms with E-state index in [0.717, 1.165) is 11.1 Å². The van der Waals surface area contributed by atoms with E-state index in [4.69, 9.17) is 17.1 Å². The van der Waals surface area contributed by atoms with Gasteiger partial charge in [0.15, 0.2) is 5.01 Å². The summed E-state index contributed by atoms with van der Waals surface area (Å²) in [5.41, 5.74) is 11.9. The minimum absolute atomic E-state index is 0.0813. The van der Waals surface area contributed by atoms with Gasteiger partial charge in [-0.3, -0.25) is 0 Å². The third kappa shape index (κ3) is 2.67. The second-order valence-electron chi connectivity index (χ2n) is 5.44. The summed E-state index contributed by atoms with van der Waals surface area (Å²) < 4.78 is 1.78. The number of nitrogens with zero attached hydrogens (tertiary/aromatic N) is 4. The molecule has 0 amide bonds. The maximum Gasteiger partial charge on any atom is 0.203 e. The largest absolute Gasteiger partial charge is 0.494 e. The van der Waals surface area contributed by atoms with Crippen molar-refractivity contribution in [3.8, 4) is 16.5 Å². The quantitative estimate of drug-likeness (QED) is 0.483. The summed E-state index contributed by atoms with van der Waals surface area (Å²) in [6.07, 6.45) is 0. The molecule has 0 radical (unpaired) electrons. The van der Waals surface area contributed by atoms with E-state index >= 15 is 0 Å². The summed E-state index contributed by atoms with van der Waals surface area (Å²) in [5.74, 6) is 0.0813. The molecule has 0 atom stereocenters. The maximum absolute atomic E-state index is 10.9. The van der Waals surface area contributed by atoms with Crippen molar-refractivity contribution < 1.29 is 5.11 Å². The van der Waals surface area contributed by atoms with Crippen LogP contribution < -0.4 is 0 Å². The predicted molar refractivity (Wildman–Crippen MR) is 97.9 cm³/mol. The number of fused-ring (bicyclic) bond motifs is 1. The summed E-state index contributed by atoms with van der Waals surface area (Å²) in [4.78, 5) is 0. The highest BCUT2D eigenvalue weighted by Crippen LogP contribution is 2.44. The Morgan fingerprint density at radius 3 is 2.68 bits per heavy atom. The third-order valence-corrected chi connectivity index (χ3v) is 4.95. The maximum atomic E-state index is 10.9. The highest BCUT2D eigenvalue weighted by Gasteiger charge is 2.22. The van der Waals surface area contributed by atoms with Gasteiger partial charge in [0.25, 0.3) is 0 Å². The first-order valence-corrected chi connectivity index (χ1v) is 8.67. The van der Waals surface area contributed by atoms with Gasteiger partial charge in [-0.25, -0.2) is 5.53 Å². The molecule has 4 aromatic rings. The van der Waals surface area contributed by atoms with Crippen LogP contribution >= 0.6 is 22.9 Å². The summed E-state index contributed by atoms with van der Waals surface area (Å²) in [6.45, 7) is 0.458. The Morgan fingerprint density at radius 2 is 2.00 bits per heavy atom. The van der Waals surface area contributed by atoms with Gasteiger partial charge in [0.05, 0.1) is 23.3 Å². The molecule has 124 valence electrons. The fraction of sp³-hybridized carbons (Fsp3) is 0.0588. The van der Waals surface area contributed by atoms with Crippen LogP contribution in [0.3, 0.4) is 0 Å². The molecule has 25 heavy (non-hydrogen) atoms. The van der Waals surface area contributed by atoms with Crippen LogP contribution in [0.2, 0.25) is 5.02 Å². The molecule has 0 saturated heterocycles. The average molecular weight is 370 g/mol. The second-order valence-corrected chi connectivity index (χ2v) is 6.71. The zero-order valence-electron chi connectivity index (χ0n) is 12.8. The van der Waals surface area contributed by atoms with Crippen LogP contribution in [0.15, 0.2) is 53.1 Å². The normalized spacial score (nSPS) is 11.1. The van der Waals surface area contributed by atoms with Gasteiger partial charge in [0, 0.05) is 10.4 Å². The molecule has 0 aliphatic rings. The lowest BCUT2D eigenvalue weighted by Gasteiger charge is -2.07. The number of hydrogen-bond donors (Lipinski definition) is 2. The predicted octanol–water partition coefficient (Wildman–Crippen LogP) is 5.23. The SMILES string of the molecule is N=Nc1cccc2c1c(-c1nncs1)c(O)n2Cc1ccc(Cl)cc1. The van der Waals surface area contributed by atoms with Crippen molar-refractivity contribution in [2.75, 3.05) is 0 Å². The Bertz CT molecular complexity index is 1060. The van der Waals surface area contributed by atoms with Crippen LogP contribution in [0.4, 0.5) is 5.69 Å². The van der Waals surface area contributed by atoms with E-state index in [9.17, 15) is 5.11 Å². The smallest absolute Gasteiger partial charge is 0.203 e. The van der Waals surface area contributed by atoms with Gasteiger partial charge >= 0.3 is 0 Å². The minimum Gasteiger partial charge on any atom is -0.494 e. The van der Waals surface area contributed by atoms with Crippen molar-refractivity contribution in [1.29, 1.82) is 5.53 Å². The van der Waals surface area contributed by atoms with Gasteiger partial charge in [-0.15, -0.1) is 10.2 Å². The van der Waals surface area contributed by atoms with Crippen LogP contribution in [0.1, 0.15) is 5.56 Å². The molecule has 0 bridgehead atoms. The van der Waals surface area contributed by atoms with Crippen molar-refractivity contribution >= 4 is 39.5 Å². The number of nitrogens with one attached hydrogen (secondary N) is 1. The van der Waals surface area contributed by atoms with E-state index < -0.39 is 0 Å². The molecule has 2 aromatic heterocycles. The summed E-state index contributed by atoms with van der Waals surface area (Å²) >= 11 is 7.28. The van der Waals surface area contributed by atoms with Crippen molar-refractivity contribution in [2.24, 2.45) is 5.11 Å². The Morgan fingerprint density at radius 1 is 1.20 bits per heavy atom. The fourth-order valence-electron chi connectivity index (χ4n) is 2.88. The first kappa shape index (κ1) is 15.7. The van der Waals surface area contributed by atoms with E-state index in [0.29, 0.717) is 33.2 Å². The zero-order valence-corrected chi connectivity index (χ0v) is 14.4. The molecule has 0 unspecified atom stereocenters. The fourth-order valence-corrected chi connectivity index (χ4v) is 3.61. The summed E-state index contributed by atoms with van der Waals surface area (Å²) in [5, 5.41) is 24.4. The molecule has 4 rings (SSSR count). The van der Waals surface area contributed by atoms with Crippen LogP contribution in [-0.4, -0.2) is 19.9 Å². The lowest BCUT2D eigenvalue weighted by molar-refractivity contribution is 0.430. The van der Waals surface area contributed by atoms with Crippen molar-refractivity contribution in [3.63, 3.8) is 0 Å². The monoisotopic (exact) mass is 369 g/mol. The van der Waals surface area contributed by atoms with E-state index in [1.165, 1.54) is 11.3 Å². The van der Waals surface area contributed by atoms with Gasteiger partial charge in [-0.2, -0.15) is 5.11 Å². The summed E-state index contributed by atoms with van der Waals surface area (Å²) in [6, 6.07) is 12.9. The minimum atomic E-state index is 0.0813. The van der Waals surface area contributed by atoms with Crippen molar-refractivity contribution in [2.45, 2.75) is 6.54 Å². The Labute approximate surface area is 151 Å². The van der Waals surface area contributed by atoms with Crippen LogP contribution in [0, 0.1) is 5.53 Å². The van der Waals surface area contributed by atoms with E-state index in [1.807, 2.05) is 36.4 Å². The molecule has 0 aliphatic carbocycles. The van der Waals surface area contributed by atoms with Crippen LogP contribution in [0.5, 0.6) is 5.88 Å². The topological polar surface area (TPSA) is 87.2 Å². The number of aromatic nitrogens is 3. The van der Waals surface area contributed by atoms with Crippen molar-refractivity contribution in [1.82, 2.24) is 14.8 Å². The van der Waals surface area contributed by atoms with Gasteiger partial charge in [0.2, 0.25) is 5.88 Å². The molecule has 2 aromatic carbocycles. The molecule has 0 fully saturated rings. The Hall–Kier alpha value is -2.77. The highest BCUT2D eigenvalue weighted by atomic mass is 35.5. The Balaban J connectivity index is 1.97. The molecule has 8 heteroatoms. The van der Waals surface area contributed by atoms with E-state index in [2.05, 4.69) is 15.3 Å². The highest BCUT2D eigenvalue weighted by molar-refractivity contribution is 7.12. The van der Waals surface area contributed by atoms with E-state index in [1.54, 1.807) is 16.1 Å². The molecule has 0 aliphatic heterocycles. The third-order valence-electron chi connectivity index (χ3n) is 3.99. The number of rotatable bonds is 4. The molecule has 2 heterocycles. The molecule has 6 nitrogen and oxygen atoms in total. The lowest BCUT2D eigenvalue weighted by atomic mass is 10.1. The molecule has 0 saturated carbocycles. The first-order chi connectivity index (χ1) is 12.2. The number of aromatic hydroxyl groups is 1. The zero-order chi connectivity index (χ0) is 17.4. The second kappa shape index (κ2) is 6.27. The van der Waals surface area contributed by atoms with Crippen LogP contribution in [-0.2, 0) is 6.54 Å². The molecular weight excluding hydrogens is 358 g/mol. The van der Waals surface area contributed by atoms with Gasteiger partial charge in [0.1, 0.15) is 5.51 Å². The summed E-state index contributed by atoms with van der Waals surface area (Å²) in [7, 11) is 0. The number of benzene rings is 2. The number of halogens is 1. The van der Waals surface area contributed by atoms with Crippen LogP contribution in [0.25, 0.3) is 21.5 Å². The lowest BCUT2D eigenvalue weighted by Crippen LogP contribution is -1.98. The first-order valence-electron chi connectivity index (χ1n) is 7.41. The average Bonchev–Trinajstić information content (AvgIpc) is 3.24. The van der Waals surface area contributed by atoms with E-state index in [-0.39, 0.29) is 5.88 Å². The van der Waals surface area contributed by atoms with Gasteiger partial charge < -0.3 is 9.67 Å². The Kier molecular flexibility index (Phi) is 3.95. The molecule has 2 N–H and O–H groups in total. The van der Waals surface area contributed by atoms with Gasteiger partial charge in [-0.1, -0.05) is 41.1 Å². The molecular formula is C17H12ClN5OS. The van der Waals surface area contributed by atoms with Crippen molar-refractivity contribution in [3.05, 3.63) is 58.6 Å². The molecule has 0 spiro atoms.